The molecule has 0 radical (unpaired) electrons. The fraction of sp³-hybridized carbons (Fsp3) is 0.154. The van der Waals surface area contributed by atoms with Crippen molar-refractivity contribution in [3.05, 3.63) is 102 Å². The molecule has 5 aromatic rings. The van der Waals surface area contributed by atoms with E-state index in [9.17, 15) is 5.11 Å². The van der Waals surface area contributed by atoms with Crippen LogP contribution in [0.3, 0.4) is 0 Å². The third kappa shape index (κ3) is 4.30. The summed E-state index contributed by atoms with van der Waals surface area (Å²) in [5.74, 6) is 0.862. The summed E-state index contributed by atoms with van der Waals surface area (Å²) in [5, 5.41) is 10.5. The van der Waals surface area contributed by atoms with Crippen LogP contribution >= 0.6 is 11.6 Å². The molecule has 1 unspecified atom stereocenters. The first-order valence-electron chi connectivity index (χ1n) is 10.6. The molecule has 3 N–H and O–H groups in total. The van der Waals surface area contributed by atoms with Crippen molar-refractivity contribution < 1.29 is 9.52 Å². The molecule has 0 aliphatic rings. The number of hydrogen-bond acceptors (Lipinski definition) is 4. The Balaban J connectivity index is 1.66. The molecule has 0 saturated heterocycles. The van der Waals surface area contributed by atoms with Gasteiger partial charge in [0.2, 0.25) is 0 Å². The van der Waals surface area contributed by atoms with Crippen LogP contribution in [-0.4, -0.2) is 25.0 Å². The van der Waals surface area contributed by atoms with E-state index < -0.39 is 0 Å². The summed E-state index contributed by atoms with van der Waals surface area (Å²) >= 11 is 6.06. The van der Waals surface area contributed by atoms with Crippen molar-refractivity contribution >= 4 is 11.6 Å². The maximum absolute atomic E-state index is 10.2. The lowest BCUT2D eigenvalue weighted by molar-refractivity contribution is 0.433. The summed E-state index contributed by atoms with van der Waals surface area (Å²) in [4.78, 5) is 16.2. The number of rotatable bonds is 7. The summed E-state index contributed by atoms with van der Waals surface area (Å²) in [7, 11) is 0. The van der Waals surface area contributed by atoms with Crippen LogP contribution in [0.5, 0.6) is 5.75 Å². The van der Waals surface area contributed by atoms with Gasteiger partial charge in [-0.15, -0.1) is 0 Å². The van der Waals surface area contributed by atoms with Gasteiger partial charge in [0.1, 0.15) is 11.6 Å². The van der Waals surface area contributed by atoms with Crippen molar-refractivity contribution in [2.45, 2.75) is 25.2 Å². The number of benzene rings is 1. The second-order valence-corrected chi connectivity index (χ2v) is 8.86. The quantitative estimate of drug-likeness (QED) is 0.272. The standard InChI is InChI=1S/C26H23ClN4O2/c1-26(14-17-8-12-33-16-17,15-20-3-2-9-29-20)25-30-23(18-6-10-28-11-7-18)24(31-25)19-4-5-21(27)22(32)13-19/h2-13,16,29,32H,14-15H2,1H3,(H,30,31). The Morgan fingerprint density at radius 3 is 2.61 bits per heavy atom. The number of hydrogen-bond donors (Lipinski definition) is 3. The third-order valence-corrected chi connectivity index (χ3v) is 6.20. The molecule has 6 nitrogen and oxygen atoms in total. The van der Waals surface area contributed by atoms with Crippen LogP contribution in [0.15, 0.2) is 84.1 Å². The van der Waals surface area contributed by atoms with Gasteiger partial charge in [-0.3, -0.25) is 4.98 Å². The number of aromatic amines is 2. The summed E-state index contributed by atoms with van der Waals surface area (Å²) in [5.41, 5.74) is 5.19. The predicted octanol–water partition coefficient (Wildman–Crippen LogP) is 6.16. The number of H-pyrrole nitrogens is 2. The zero-order chi connectivity index (χ0) is 22.8. The van der Waals surface area contributed by atoms with E-state index in [1.165, 1.54) is 0 Å². The molecule has 0 bridgehead atoms. The van der Waals surface area contributed by atoms with Crippen LogP contribution in [0.25, 0.3) is 22.5 Å². The Hall–Kier alpha value is -3.77. The number of halogens is 1. The van der Waals surface area contributed by atoms with E-state index in [0.29, 0.717) is 5.02 Å². The van der Waals surface area contributed by atoms with Gasteiger partial charge >= 0.3 is 0 Å². The van der Waals surface area contributed by atoms with Crippen LogP contribution < -0.4 is 0 Å². The highest BCUT2D eigenvalue weighted by molar-refractivity contribution is 6.32. The monoisotopic (exact) mass is 458 g/mol. The van der Waals surface area contributed by atoms with E-state index in [0.717, 1.165) is 52.4 Å². The average Bonchev–Trinajstić information content (AvgIpc) is 3.58. The number of phenols is 1. The molecule has 4 heterocycles. The minimum Gasteiger partial charge on any atom is -0.506 e. The Morgan fingerprint density at radius 2 is 1.91 bits per heavy atom. The largest absolute Gasteiger partial charge is 0.506 e. The molecule has 7 heteroatoms. The molecule has 0 aliphatic carbocycles. The van der Waals surface area contributed by atoms with Gasteiger partial charge in [-0.1, -0.05) is 24.6 Å². The molecule has 0 saturated carbocycles. The second-order valence-electron chi connectivity index (χ2n) is 8.45. The van der Waals surface area contributed by atoms with E-state index in [4.69, 9.17) is 21.0 Å². The molecule has 0 fully saturated rings. The molecule has 4 aromatic heterocycles. The number of nitrogens with zero attached hydrogens (tertiary/aromatic N) is 2. The Labute approximate surface area is 196 Å². The zero-order valence-electron chi connectivity index (χ0n) is 18.0. The topological polar surface area (TPSA) is 90.7 Å². The van der Waals surface area contributed by atoms with Crippen LogP contribution in [-0.2, 0) is 18.3 Å². The molecule has 0 aliphatic heterocycles. The van der Waals surface area contributed by atoms with Crippen LogP contribution in [0, 0.1) is 0 Å². The van der Waals surface area contributed by atoms with Crippen molar-refractivity contribution in [2.75, 3.05) is 0 Å². The average molecular weight is 459 g/mol. The molecule has 166 valence electrons. The highest BCUT2D eigenvalue weighted by Gasteiger charge is 2.33. The minimum absolute atomic E-state index is 0.0203. The molecule has 33 heavy (non-hydrogen) atoms. The molecule has 5 rings (SSSR count). The summed E-state index contributed by atoms with van der Waals surface area (Å²) in [6, 6.07) is 15.1. The van der Waals surface area contributed by atoms with Crippen molar-refractivity contribution in [3.8, 4) is 28.3 Å². The Bertz CT molecular complexity index is 1310. The highest BCUT2D eigenvalue weighted by atomic mass is 35.5. The minimum atomic E-state index is -0.358. The molecular formula is C26H23ClN4O2. The smallest absolute Gasteiger partial charge is 0.134 e. The molecule has 0 spiro atoms. The van der Waals surface area contributed by atoms with Crippen molar-refractivity contribution in [3.63, 3.8) is 0 Å². The Kier molecular flexibility index (Phi) is 5.52. The first-order chi connectivity index (χ1) is 16.0. The van der Waals surface area contributed by atoms with Gasteiger partial charge in [0.05, 0.1) is 28.9 Å². The number of aromatic hydroxyl groups is 1. The number of pyridine rings is 1. The van der Waals surface area contributed by atoms with Gasteiger partial charge < -0.3 is 19.5 Å². The normalized spacial score (nSPS) is 13.2. The van der Waals surface area contributed by atoms with E-state index in [1.54, 1.807) is 37.1 Å². The van der Waals surface area contributed by atoms with E-state index in [2.05, 4.69) is 27.9 Å². The van der Waals surface area contributed by atoms with Crippen molar-refractivity contribution in [2.24, 2.45) is 0 Å². The highest BCUT2D eigenvalue weighted by Crippen LogP contribution is 2.38. The number of furan rings is 1. The van der Waals surface area contributed by atoms with Gasteiger partial charge in [0, 0.05) is 47.2 Å². The summed E-state index contributed by atoms with van der Waals surface area (Å²) in [6.45, 7) is 2.19. The number of nitrogens with one attached hydrogen (secondary N) is 2. The second kappa shape index (κ2) is 8.64. The Morgan fingerprint density at radius 1 is 1.06 bits per heavy atom. The number of phenolic OH excluding ortho intramolecular Hbond substituents is 1. The molecular weight excluding hydrogens is 436 g/mol. The summed E-state index contributed by atoms with van der Waals surface area (Å²) < 4.78 is 5.34. The molecule has 1 atom stereocenters. The van der Waals surface area contributed by atoms with Crippen LogP contribution in [0.2, 0.25) is 5.02 Å². The van der Waals surface area contributed by atoms with Gasteiger partial charge in [-0.2, -0.15) is 0 Å². The predicted molar refractivity (Wildman–Crippen MR) is 128 cm³/mol. The first kappa shape index (κ1) is 21.1. The molecule has 1 aromatic carbocycles. The van der Waals surface area contributed by atoms with Crippen LogP contribution in [0.1, 0.15) is 24.0 Å². The summed E-state index contributed by atoms with van der Waals surface area (Å²) in [6.07, 6.45) is 10.4. The van der Waals surface area contributed by atoms with E-state index in [-0.39, 0.29) is 11.2 Å². The fourth-order valence-corrected chi connectivity index (χ4v) is 4.34. The van der Waals surface area contributed by atoms with Gasteiger partial charge in [-0.25, -0.2) is 4.98 Å². The SMILES string of the molecule is CC(Cc1ccoc1)(Cc1ccc[nH]1)c1nc(-c2ccc(Cl)c(O)c2)c(-c2ccncc2)[nH]1. The van der Waals surface area contributed by atoms with Gasteiger partial charge in [0.25, 0.3) is 0 Å². The zero-order valence-corrected chi connectivity index (χ0v) is 18.8. The van der Waals surface area contributed by atoms with Crippen LogP contribution in [0.4, 0.5) is 0 Å². The maximum Gasteiger partial charge on any atom is 0.134 e. The molecule has 0 amide bonds. The number of imidazole rings is 1. The lowest BCUT2D eigenvalue weighted by atomic mass is 9.79. The van der Waals surface area contributed by atoms with E-state index in [1.807, 2.05) is 36.5 Å². The van der Waals surface area contributed by atoms with E-state index >= 15 is 0 Å². The maximum atomic E-state index is 10.2. The third-order valence-electron chi connectivity index (χ3n) is 5.88. The fourth-order valence-electron chi connectivity index (χ4n) is 4.23. The van der Waals surface area contributed by atoms with Gasteiger partial charge in [-0.05, 0) is 54.4 Å². The number of aromatic nitrogens is 4. The lowest BCUT2D eigenvalue weighted by Gasteiger charge is -2.27. The van der Waals surface area contributed by atoms with Crippen molar-refractivity contribution in [1.29, 1.82) is 0 Å². The van der Waals surface area contributed by atoms with Crippen molar-refractivity contribution in [1.82, 2.24) is 19.9 Å². The first-order valence-corrected chi connectivity index (χ1v) is 11.0. The lowest BCUT2D eigenvalue weighted by Crippen LogP contribution is -2.29. The van der Waals surface area contributed by atoms with Gasteiger partial charge in [0.15, 0.2) is 0 Å².